The molecular weight excluding hydrogens is 615 g/mol. The molecule has 2 aromatic rings. The van der Waals surface area contributed by atoms with Gasteiger partial charge in [-0.15, -0.1) is 0 Å². The molecule has 1 N–H and O–H groups in total. The van der Waals surface area contributed by atoms with Gasteiger partial charge in [0.1, 0.15) is 12.3 Å². The van der Waals surface area contributed by atoms with Crippen molar-refractivity contribution in [3.8, 4) is 5.75 Å². The van der Waals surface area contributed by atoms with Crippen molar-refractivity contribution in [2.24, 2.45) is 0 Å². The monoisotopic (exact) mass is 630 g/mol. The van der Waals surface area contributed by atoms with Gasteiger partial charge in [-0.05, 0) is 82.9 Å². The molecule has 0 aliphatic carbocycles. The Hall–Kier alpha value is -2.38. The van der Waals surface area contributed by atoms with E-state index < -0.39 is 29.6 Å². The Bertz CT molecular complexity index is 1110. The fourth-order valence-corrected chi connectivity index (χ4v) is 4.18. The lowest BCUT2D eigenvalue weighted by molar-refractivity contribution is -0.142. The van der Waals surface area contributed by atoms with Gasteiger partial charge in [-0.2, -0.15) is 0 Å². The van der Waals surface area contributed by atoms with E-state index in [-0.39, 0.29) is 11.5 Å². The number of nitrogens with zero attached hydrogens (tertiary/aromatic N) is 1. The second-order valence-corrected chi connectivity index (χ2v) is 9.52. The van der Waals surface area contributed by atoms with Crippen LogP contribution in [0, 0.1) is 3.57 Å². The summed E-state index contributed by atoms with van der Waals surface area (Å²) in [5.74, 6) is -1.30. The smallest absolute Gasteiger partial charge is 0.343 e. The lowest BCUT2D eigenvalue weighted by Gasteiger charge is -2.12. The van der Waals surface area contributed by atoms with Gasteiger partial charge in [0.2, 0.25) is 5.91 Å². The SMILES string of the molecule is COC(=O)COc1ccc(Br)cc1/C=C1/SC(=O)N(CC(=O)Nc2ccc(I)cc2)C1=O. The van der Waals surface area contributed by atoms with E-state index in [1.165, 1.54) is 13.2 Å². The minimum absolute atomic E-state index is 0.137. The van der Waals surface area contributed by atoms with Crippen LogP contribution < -0.4 is 10.1 Å². The summed E-state index contributed by atoms with van der Waals surface area (Å²) in [7, 11) is 1.25. The van der Waals surface area contributed by atoms with Gasteiger partial charge in [0, 0.05) is 19.3 Å². The lowest BCUT2D eigenvalue weighted by Crippen LogP contribution is -2.36. The summed E-state index contributed by atoms with van der Waals surface area (Å²) in [5.41, 5.74) is 1.05. The maximum absolute atomic E-state index is 12.8. The van der Waals surface area contributed by atoms with E-state index in [1.807, 2.05) is 12.1 Å². The van der Waals surface area contributed by atoms with Crippen LogP contribution in [-0.4, -0.2) is 48.2 Å². The van der Waals surface area contributed by atoms with Crippen molar-refractivity contribution >= 4 is 85.1 Å². The molecule has 1 aliphatic rings. The molecule has 0 bridgehead atoms. The molecule has 11 heteroatoms. The number of halogens is 2. The zero-order chi connectivity index (χ0) is 23.3. The Balaban J connectivity index is 1.73. The van der Waals surface area contributed by atoms with Crippen LogP contribution in [0.15, 0.2) is 51.8 Å². The first-order chi connectivity index (χ1) is 15.3. The Morgan fingerprint density at radius 2 is 1.91 bits per heavy atom. The van der Waals surface area contributed by atoms with Gasteiger partial charge in [-0.1, -0.05) is 15.9 Å². The van der Waals surface area contributed by atoms with E-state index in [9.17, 15) is 19.2 Å². The summed E-state index contributed by atoms with van der Waals surface area (Å²) >= 11 is 6.22. The highest BCUT2D eigenvalue weighted by atomic mass is 127. The van der Waals surface area contributed by atoms with Crippen molar-refractivity contribution in [3.63, 3.8) is 0 Å². The van der Waals surface area contributed by atoms with Crippen LogP contribution in [0.1, 0.15) is 5.56 Å². The summed E-state index contributed by atoms with van der Waals surface area (Å²) in [6, 6.07) is 12.1. The highest BCUT2D eigenvalue weighted by molar-refractivity contribution is 14.1. The predicted octanol–water partition coefficient (Wildman–Crippen LogP) is 4.28. The Morgan fingerprint density at radius 3 is 2.59 bits per heavy atom. The molecule has 0 saturated carbocycles. The molecule has 1 aliphatic heterocycles. The van der Waals surface area contributed by atoms with Gasteiger partial charge in [-0.3, -0.25) is 19.3 Å². The van der Waals surface area contributed by atoms with Crippen LogP contribution in [0.4, 0.5) is 10.5 Å². The fraction of sp³-hybridized carbons (Fsp3) is 0.143. The second-order valence-electron chi connectivity index (χ2n) is 6.37. The standard InChI is InChI=1S/C21H16BrIN2O6S/c1-30-19(27)11-31-16-7-2-13(22)8-12(16)9-17-20(28)25(21(29)32-17)10-18(26)24-15-5-3-14(23)4-6-15/h2-9H,10-11H2,1H3,(H,24,26)/b17-9+. The molecule has 32 heavy (non-hydrogen) atoms. The Labute approximate surface area is 210 Å². The largest absolute Gasteiger partial charge is 0.481 e. The average Bonchev–Trinajstić information content (AvgIpc) is 3.02. The number of imide groups is 1. The van der Waals surface area contributed by atoms with Gasteiger partial charge >= 0.3 is 5.97 Å². The van der Waals surface area contributed by atoms with Crippen LogP contribution in [0.25, 0.3) is 6.08 Å². The number of methoxy groups -OCH3 is 1. The van der Waals surface area contributed by atoms with E-state index in [4.69, 9.17) is 4.74 Å². The van der Waals surface area contributed by atoms with Gasteiger partial charge in [0.15, 0.2) is 6.61 Å². The topological polar surface area (TPSA) is 102 Å². The zero-order valence-corrected chi connectivity index (χ0v) is 21.2. The molecule has 1 saturated heterocycles. The van der Waals surface area contributed by atoms with E-state index in [0.717, 1.165) is 20.2 Å². The van der Waals surface area contributed by atoms with Crippen LogP contribution in [0.2, 0.25) is 0 Å². The number of hydrogen-bond acceptors (Lipinski definition) is 7. The number of thioether (sulfide) groups is 1. The molecule has 3 rings (SSSR count). The summed E-state index contributed by atoms with van der Waals surface area (Å²) in [6.07, 6.45) is 1.49. The molecule has 0 spiro atoms. The normalized spacial score (nSPS) is 14.6. The van der Waals surface area contributed by atoms with E-state index in [2.05, 4.69) is 48.6 Å². The molecule has 0 radical (unpaired) electrons. The van der Waals surface area contributed by atoms with Crippen LogP contribution in [0.3, 0.4) is 0 Å². The minimum Gasteiger partial charge on any atom is -0.481 e. The summed E-state index contributed by atoms with van der Waals surface area (Å²) in [6.45, 7) is -0.711. The first kappa shape index (κ1) is 24.3. The minimum atomic E-state index is -0.586. The molecule has 0 unspecified atom stereocenters. The average molecular weight is 631 g/mol. The zero-order valence-electron chi connectivity index (χ0n) is 16.6. The molecule has 1 fully saturated rings. The maximum Gasteiger partial charge on any atom is 0.343 e. The molecule has 2 aromatic carbocycles. The number of rotatable bonds is 7. The lowest BCUT2D eigenvalue weighted by atomic mass is 10.2. The van der Waals surface area contributed by atoms with Gasteiger partial charge in [-0.25, -0.2) is 4.79 Å². The van der Waals surface area contributed by atoms with Crippen molar-refractivity contribution in [2.75, 3.05) is 25.6 Å². The molecule has 1 heterocycles. The first-order valence-corrected chi connectivity index (χ1v) is 11.8. The van der Waals surface area contributed by atoms with Gasteiger partial charge < -0.3 is 14.8 Å². The van der Waals surface area contributed by atoms with Crippen LogP contribution >= 0.6 is 50.3 Å². The van der Waals surface area contributed by atoms with Crippen LogP contribution in [-0.2, 0) is 19.1 Å². The number of nitrogens with one attached hydrogen (secondary N) is 1. The molecule has 166 valence electrons. The number of carbonyl (C=O) groups excluding carboxylic acids is 4. The van der Waals surface area contributed by atoms with Crippen molar-refractivity contribution in [3.05, 3.63) is 61.0 Å². The van der Waals surface area contributed by atoms with Gasteiger partial charge in [0.25, 0.3) is 11.1 Å². The second kappa shape index (κ2) is 11.0. The van der Waals surface area contributed by atoms with Crippen molar-refractivity contribution < 1.29 is 28.7 Å². The quantitative estimate of drug-likeness (QED) is 0.277. The summed E-state index contributed by atoms with van der Waals surface area (Å²) in [4.78, 5) is 49.9. The van der Waals surface area contributed by atoms with E-state index >= 15 is 0 Å². The van der Waals surface area contributed by atoms with E-state index in [0.29, 0.717) is 21.5 Å². The number of anilines is 1. The van der Waals surface area contributed by atoms with Crippen LogP contribution in [0.5, 0.6) is 5.75 Å². The van der Waals surface area contributed by atoms with Crippen molar-refractivity contribution in [1.29, 1.82) is 0 Å². The number of amides is 3. The molecule has 8 nitrogen and oxygen atoms in total. The molecular formula is C21H16BrIN2O6S. The maximum atomic E-state index is 12.8. The first-order valence-electron chi connectivity index (χ1n) is 9.07. The Kier molecular flexibility index (Phi) is 8.32. The van der Waals surface area contributed by atoms with Gasteiger partial charge in [0.05, 0.1) is 12.0 Å². The molecule has 0 atom stereocenters. The third-order valence-electron chi connectivity index (χ3n) is 4.13. The summed E-state index contributed by atoms with van der Waals surface area (Å²) < 4.78 is 11.7. The van der Waals surface area contributed by atoms with Crippen molar-refractivity contribution in [2.45, 2.75) is 0 Å². The number of benzene rings is 2. The highest BCUT2D eigenvalue weighted by Crippen LogP contribution is 2.34. The highest BCUT2D eigenvalue weighted by Gasteiger charge is 2.36. The number of ether oxygens (including phenoxy) is 2. The third kappa shape index (κ3) is 6.33. The summed E-state index contributed by atoms with van der Waals surface area (Å²) in [5, 5.41) is 2.11. The third-order valence-corrected chi connectivity index (χ3v) is 6.25. The number of esters is 1. The fourth-order valence-electron chi connectivity index (χ4n) is 2.61. The van der Waals surface area contributed by atoms with E-state index in [1.54, 1.807) is 30.3 Å². The number of hydrogen-bond donors (Lipinski definition) is 1. The molecule has 0 aromatic heterocycles. The Morgan fingerprint density at radius 1 is 1.19 bits per heavy atom. The predicted molar refractivity (Wildman–Crippen MR) is 132 cm³/mol. The molecule has 3 amide bonds. The number of carbonyl (C=O) groups is 4. The van der Waals surface area contributed by atoms with Crippen molar-refractivity contribution in [1.82, 2.24) is 4.90 Å².